The molecule has 2 aliphatic heterocycles. The quantitative estimate of drug-likeness (QED) is 0.856. The molecule has 0 aromatic carbocycles. The van der Waals surface area contributed by atoms with Crippen LogP contribution >= 0.6 is 0 Å². The molecule has 2 saturated heterocycles. The van der Waals surface area contributed by atoms with Crippen molar-refractivity contribution in [1.29, 1.82) is 0 Å². The number of likely N-dealkylation sites (tertiary alicyclic amines) is 1. The van der Waals surface area contributed by atoms with Crippen LogP contribution in [0.1, 0.15) is 44.2 Å². The number of carbonyl (C=O) groups excluding carboxylic acids is 2. The predicted molar refractivity (Wildman–Crippen MR) is 104 cm³/mol. The zero-order valence-corrected chi connectivity index (χ0v) is 16.2. The predicted octanol–water partition coefficient (Wildman–Crippen LogP) is 2.35. The summed E-state index contributed by atoms with van der Waals surface area (Å²) < 4.78 is 0. The molecule has 0 spiro atoms. The number of pyridine rings is 1. The van der Waals surface area contributed by atoms with Gasteiger partial charge in [-0.3, -0.25) is 9.59 Å². The number of nitrogens with one attached hydrogen (secondary N) is 2. The molecule has 2 N–H and O–H groups in total. The summed E-state index contributed by atoms with van der Waals surface area (Å²) in [5, 5.41) is 6.40. The Balaban J connectivity index is 1.43. The van der Waals surface area contributed by atoms with E-state index in [2.05, 4.69) is 15.6 Å². The summed E-state index contributed by atoms with van der Waals surface area (Å²) in [6.45, 7) is 4.98. The Hall–Kier alpha value is -1.95. The molecule has 3 aliphatic rings. The van der Waals surface area contributed by atoms with Crippen molar-refractivity contribution >= 4 is 17.6 Å². The monoisotopic (exact) mass is 370 g/mol. The highest BCUT2D eigenvalue weighted by Crippen LogP contribution is 2.45. The standard InChI is InChI=1S/C21H30N4O2/c1-15-6-4-9-18(23-15)24-19(26)16-7-5-11-25(13-16)20(27)21-10-3-2-8-17(21)12-22-14-21/h4,6,9,16-17,22H,2-3,5,7-8,10-14H2,1H3,(H,23,24,26)/t16?,17-,21+/m0/s1. The van der Waals surface area contributed by atoms with Crippen molar-refractivity contribution in [1.82, 2.24) is 15.2 Å². The fourth-order valence-electron chi connectivity index (χ4n) is 5.20. The lowest BCUT2D eigenvalue weighted by Gasteiger charge is -2.43. The Bertz CT molecular complexity index is 722. The molecular formula is C21H30N4O2. The van der Waals surface area contributed by atoms with Gasteiger partial charge in [-0.05, 0) is 57.2 Å². The van der Waals surface area contributed by atoms with Crippen molar-refractivity contribution < 1.29 is 9.59 Å². The molecule has 2 amide bonds. The van der Waals surface area contributed by atoms with E-state index >= 15 is 0 Å². The molecule has 0 bridgehead atoms. The molecule has 27 heavy (non-hydrogen) atoms. The minimum atomic E-state index is -0.227. The van der Waals surface area contributed by atoms with E-state index in [4.69, 9.17) is 0 Å². The molecule has 1 saturated carbocycles. The van der Waals surface area contributed by atoms with E-state index in [0.29, 0.717) is 18.3 Å². The summed E-state index contributed by atoms with van der Waals surface area (Å²) in [5.41, 5.74) is 0.652. The molecule has 3 fully saturated rings. The van der Waals surface area contributed by atoms with E-state index in [0.717, 1.165) is 57.4 Å². The van der Waals surface area contributed by atoms with Crippen molar-refractivity contribution in [3.63, 3.8) is 0 Å². The number of fused-ring (bicyclic) bond motifs is 1. The van der Waals surface area contributed by atoms with Gasteiger partial charge in [0, 0.05) is 25.3 Å². The number of rotatable bonds is 3. The highest BCUT2D eigenvalue weighted by molar-refractivity contribution is 5.92. The van der Waals surface area contributed by atoms with Gasteiger partial charge in [0.1, 0.15) is 5.82 Å². The second-order valence-corrected chi connectivity index (χ2v) is 8.47. The Labute approximate surface area is 161 Å². The first-order chi connectivity index (χ1) is 13.1. The molecule has 0 radical (unpaired) electrons. The number of piperidine rings is 1. The van der Waals surface area contributed by atoms with E-state index in [1.807, 2.05) is 30.0 Å². The van der Waals surface area contributed by atoms with Crippen molar-refractivity contribution in [2.24, 2.45) is 17.3 Å². The maximum atomic E-state index is 13.5. The number of hydrogen-bond acceptors (Lipinski definition) is 4. The fraction of sp³-hybridized carbons (Fsp3) is 0.667. The zero-order chi connectivity index (χ0) is 18.9. The Morgan fingerprint density at radius 1 is 1.26 bits per heavy atom. The second kappa shape index (κ2) is 7.58. The van der Waals surface area contributed by atoms with Gasteiger partial charge < -0.3 is 15.5 Å². The van der Waals surface area contributed by atoms with Crippen LogP contribution in [0.5, 0.6) is 0 Å². The largest absolute Gasteiger partial charge is 0.341 e. The summed E-state index contributed by atoms with van der Waals surface area (Å²) in [5.74, 6) is 1.16. The third kappa shape index (κ3) is 3.59. The van der Waals surface area contributed by atoms with Crippen LogP contribution < -0.4 is 10.6 Å². The van der Waals surface area contributed by atoms with Gasteiger partial charge in [0.25, 0.3) is 0 Å². The lowest BCUT2D eigenvalue weighted by molar-refractivity contribution is -0.148. The van der Waals surface area contributed by atoms with Crippen LogP contribution in [0.4, 0.5) is 5.82 Å². The van der Waals surface area contributed by atoms with Crippen LogP contribution in [0.3, 0.4) is 0 Å². The number of amides is 2. The Kier molecular flexibility index (Phi) is 5.17. The number of hydrogen-bond donors (Lipinski definition) is 2. The van der Waals surface area contributed by atoms with Gasteiger partial charge in [0.15, 0.2) is 0 Å². The summed E-state index contributed by atoms with van der Waals surface area (Å²) in [6.07, 6.45) is 6.23. The molecular weight excluding hydrogens is 340 g/mol. The van der Waals surface area contributed by atoms with E-state index in [9.17, 15) is 9.59 Å². The van der Waals surface area contributed by atoms with Crippen LogP contribution in [0.2, 0.25) is 0 Å². The minimum Gasteiger partial charge on any atom is -0.341 e. The molecule has 1 aromatic heterocycles. The van der Waals surface area contributed by atoms with E-state index in [1.54, 1.807) is 0 Å². The van der Waals surface area contributed by atoms with Crippen molar-refractivity contribution in [3.8, 4) is 0 Å². The smallest absolute Gasteiger partial charge is 0.230 e. The lowest BCUT2D eigenvalue weighted by atomic mass is 9.67. The van der Waals surface area contributed by atoms with Crippen molar-refractivity contribution in [2.45, 2.75) is 45.4 Å². The number of anilines is 1. The molecule has 1 aromatic rings. The Morgan fingerprint density at radius 2 is 2.15 bits per heavy atom. The van der Waals surface area contributed by atoms with Gasteiger partial charge in [0.05, 0.1) is 11.3 Å². The van der Waals surface area contributed by atoms with Gasteiger partial charge >= 0.3 is 0 Å². The van der Waals surface area contributed by atoms with E-state index < -0.39 is 0 Å². The third-order valence-electron chi connectivity index (χ3n) is 6.68. The van der Waals surface area contributed by atoms with Crippen molar-refractivity contribution in [2.75, 3.05) is 31.5 Å². The molecule has 1 aliphatic carbocycles. The van der Waals surface area contributed by atoms with Crippen LogP contribution in [0, 0.1) is 24.2 Å². The number of carbonyl (C=O) groups is 2. The summed E-state index contributed by atoms with van der Waals surface area (Å²) in [4.78, 5) is 32.5. The van der Waals surface area contributed by atoms with Gasteiger partial charge in [-0.2, -0.15) is 0 Å². The average Bonchev–Trinajstić information content (AvgIpc) is 3.13. The van der Waals surface area contributed by atoms with Gasteiger partial charge in [-0.15, -0.1) is 0 Å². The van der Waals surface area contributed by atoms with E-state index in [-0.39, 0.29) is 23.1 Å². The van der Waals surface area contributed by atoms with Gasteiger partial charge in [-0.25, -0.2) is 4.98 Å². The SMILES string of the molecule is Cc1cccc(NC(=O)C2CCCN(C(=O)[C@@]34CCCC[C@H]3CNC4)C2)n1. The normalized spacial score (nSPS) is 30.6. The fourth-order valence-corrected chi connectivity index (χ4v) is 5.20. The summed E-state index contributed by atoms with van der Waals surface area (Å²) >= 11 is 0. The molecule has 1 unspecified atom stereocenters. The number of nitrogens with zero attached hydrogens (tertiary/aromatic N) is 2. The topological polar surface area (TPSA) is 74.3 Å². The second-order valence-electron chi connectivity index (χ2n) is 8.47. The minimum absolute atomic E-state index is 0.0205. The highest BCUT2D eigenvalue weighted by atomic mass is 16.2. The zero-order valence-electron chi connectivity index (χ0n) is 16.2. The van der Waals surface area contributed by atoms with Crippen LogP contribution in [0.25, 0.3) is 0 Å². The molecule has 6 nitrogen and oxygen atoms in total. The van der Waals surface area contributed by atoms with Gasteiger partial charge in [0.2, 0.25) is 11.8 Å². The highest BCUT2D eigenvalue weighted by Gasteiger charge is 2.51. The van der Waals surface area contributed by atoms with E-state index in [1.165, 1.54) is 6.42 Å². The first kappa shape index (κ1) is 18.4. The maximum Gasteiger partial charge on any atom is 0.230 e. The van der Waals surface area contributed by atoms with Crippen LogP contribution in [-0.2, 0) is 9.59 Å². The molecule has 146 valence electrons. The first-order valence-corrected chi connectivity index (χ1v) is 10.3. The van der Waals surface area contributed by atoms with Crippen LogP contribution in [-0.4, -0.2) is 47.9 Å². The molecule has 3 atom stereocenters. The summed E-state index contributed by atoms with van der Waals surface area (Å²) in [7, 11) is 0. The first-order valence-electron chi connectivity index (χ1n) is 10.3. The number of aryl methyl sites for hydroxylation is 1. The molecule has 4 rings (SSSR count). The average molecular weight is 370 g/mol. The molecule has 3 heterocycles. The Morgan fingerprint density at radius 3 is 3.00 bits per heavy atom. The third-order valence-corrected chi connectivity index (χ3v) is 6.68. The van der Waals surface area contributed by atoms with Crippen LogP contribution in [0.15, 0.2) is 18.2 Å². The summed E-state index contributed by atoms with van der Waals surface area (Å²) in [6, 6.07) is 5.61. The lowest BCUT2D eigenvalue weighted by Crippen LogP contribution is -2.53. The van der Waals surface area contributed by atoms with Gasteiger partial charge in [-0.1, -0.05) is 18.9 Å². The maximum absolute atomic E-state index is 13.5. The number of aromatic nitrogens is 1. The molecule has 6 heteroatoms. The van der Waals surface area contributed by atoms with Crippen molar-refractivity contribution in [3.05, 3.63) is 23.9 Å².